The number of nitrogens with zero attached hydrogens (tertiary/aromatic N) is 1. The van der Waals surface area contributed by atoms with Crippen molar-refractivity contribution >= 4 is 0 Å². The number of piperidine rings is 1. The predicted molar refractivity (Wildman–Crippen MR) is 67.6 cm³/mol. The van der Waals surface area contributed by atoms with Crippen LogP contribution in [0.4, 0.5) is 13.2 Å². The third-order valence-corrected chi connectivity index (χ3v) is 3.77. The molecule has 1 saturated heterocycles. The van der Waals surface area contributed by atoms with E-state index in [1.807, 2.05) is 4.90 Å². The molecule has 0 spiro atoms. The monoisotopic (exact) mass is 266 g/mol. The van der Waals surface area contributed by atoms with Gasteiger partial charge in [0.25, 0.3) is 0 Å². The van der Waals surface area contributed by atoms with Crippen LogP contribution >= 0.6 is 0 Å². The molecule has 18 heavy (non-hydrogen) atoms. The molecular formula is C13H25F3N2. The molecule has 108 valence electrons. The van der Waals surface area contributed by atoms with Gasteiger partial charge in [-0.15, -0.1) is 0 Å². The summed E-state index contributed by atoms with van der Waals surface area (Å²) < 4.78 is 36.4. The molecule has 5 heteroatoms. The zero-order valence-corrected chi connectivity index (χ0v) is 11.4. The van der Waals surface area contributed by atoms with Crippen LogP contribution in [-0.2, 0) is 0 Å². The number of rotatable bonds is 6. The summed E-state index contributed by atoms with van der Waals surface area (Å²) in [4.78, 5) is 1.94. The normalized spacial score (nSPS) is 21.2. The minimum Gasteiger partial charge on any atom is -0.314 e. The highest BCUT2D eigenvalue weighted by molar-refractivity contribution is 4.79. The van der Waals surface area contributed by atoms with Crippen molar-refractivity contribution in [3.63, 3.8) is 0 Å². The van der Waals surface area contributed by atoms with Crippen LogP contribution < -0.4 is 5.32 Å². The van der Waals surface area contributed by atoms with Crippen molar-refractivity contribution in [3.8, 4) is 0 Å². The molecule has 0 radical (unpaired) electrons. The van der Waals surface area contributed by atoms with E-state index >= 15 is 0 Å². The summed E-state index contributed by atoms with van der Waals surface area (Å²) in [6.07, 6.45) is -1.56. The van der Waals surface area contributed by atoms with E-state index in [1.165, 1.54) is 0 Å². The number of alkyl halides is 3. The first-order valence-corrected chi connectivity index (χ1v) is 6.95. The van der Waals surface area contributed by atoms with Crippen LogP contribution in [0.5, 0.6) is 0 Å². The van der Waals surface area contributed by atoms with Gasteiger partial charge in [-0.3, -0.25) is 0 Å². The zero-order chi connectivity index (χ0) is 13.6. The van der Waals surface area contributed by atoms with Crippen LogP contribution in [-0.4, -0.2) is 43.3 Å². The number of hydrogen-bond acceptors (Lipinski definition) is 2. The molecule has 1 atom stereocenters. The van der Waals surface area contributed by atoms with Gasteiger partial charge in [0, 0.05) is 12.6 Å². The van der Waals surface area contributed by atoms with Crippen molar-refractivity contribution in [3.05, 3.63) is 0 Å². The highest BCUT2D eigenvalue weighted by Crippen LogP contribution is 2.24. The Hall–Kier alpha value is -0.290. The largest absolute Gasteiger partial charge is 0.390 e. The molecule has 0 saturated carbocycles. The molecule has 0 aromatic rings. The van der Waals surface area contributed by atoms with Gasteiger partial charge in [0.05, 0.1) is 6.42 Å². The fraction of sp³-hybridized carbons (Fsp3) is 1.00. The smallest absolute Gasteiger partial charge is 0.314 e. The Morgan fingerprint density at radius 2 is 1.89 bits per heavy atom. The summed E-state index contributed by atoms with van der Waals surface area (Å²) in [5, 5.41) is 3.47. The quantitative estimate of drug-likeness (QED) is 0.795. The molecule has 1 fully saturated rings. The molecule has 1 rings (SSSR count). The van der Waals surface area contributed by atoms with Crippen LogP contribution in [0.2, 0.25) is 0 Å². The van der Waals surface area contributed by atoms with E-state index in [-0.39, 0.29) is 6.54 Å². The second-order valence-corrected chi connectivity index (χ2v) is 5.29. The van der Waals surface area contributed by atoms with Gasteiger partial charge in [0.15, 0.2) is 0 Å². The lowest BCUT2D eigenvalue weighted by Crippen LogP contribution is -2.42. The van der Waals surface area contributed by atoms with Gasteiger partial charge in [-0.1, -0.05) is 6.92 Å². The topological polar surface area (TPSA) is 15.3 Å². The highest BCUT2D eigenvalue weighted by atomic mass is 19.4. The molecular weight excluding hydrogens is 241 g/mol. The summed E-state index contributed by atoms with van der Waals surface area (Å²) in [7, 11) is 0. The van der Waals surface area contributed by atoms with E-state index < -0.39 is 12.6 Å². The first kappa shape index (κ1) is 15.8. The van der Waals surface area contributed by atoms with Crippen molar-refractivity contribution in [1.29, 1.82) is 0 Å². The first-order valence-electron chi connectivity index (χ1n) is 6.95. The molecule has 0 aromatic carbocycles. The summed E-state index contributed by atoms with van der Waals surface area (Å²) in [6.45, 7) is 7.12. The van der Waals surface area contributed by atoms with Crippen LogP contribution in [0.1, 0.15) is 39.5 Å². The summed E-state index contributed by atoms with van der Waals surface area (Å²) >= 11 is 0. The van der Waals surface area contributed by atoms with E-state index in [4.69, 9.17) is 0 Å². The number of nitrogens with one attached hydrogen (secondary N) is 1. The number of halogens is 3. The average Bonchev–Trinajstić information content (AvgIpc) is 2.33. The summed E-state index contributed by atoms with van der Waals surface area (Å²) in [5.74, 6) is 0.610. The van der Waals surface area contributed by atoms with Gasteiger partial charge in [-0.2, -0.15) is 13.2 Å². The van der Waals surface area contributed by atoms with Gasteiger partial charge >= 0.3 is 6.18 Å². The van der Waals surface area contributed by atoms with E-state index in [1.54, 1.807) is 0 Å². The standard InChI is InChI=1S/C13H25F3N2/c1-3-7-17-11(2)12-4-8-18(9-5-12)10-6-13(14,15)16/h11-12,17H,3-10H2,1-2H3. The molecule has 0 bridgehead atoms. The van der Waals surface area contributed by atoms with Gasteiger partial charge in [-0.05, 0) is 51.7 Å². The summed E-state index contributed by atoms with van der Waals surface area (Å²) in [6, 6.07) is 0.481. The molecule has 1 N–H and O–H groups in total. The minimum atomic E-state index is -4.02. The second kappa shape index (κ2) is 7.34. The molecule has 1 unspecified atom stereocenters. The number of hydrogen-bond donors (Lipinski definition) is 1. The first-order chi connectivity index (χ1) is 8.42. The van der Waals surface area contributed by atoms with Crippen LogP contribution in [0, 0.1) is 5.92 Å². The molecule has 1 aliphatic rings. The third-order valence-electron chi connectivity index (χ3n) is 3.77. The maximum atomic E-state index is 12.1. The van der Waals surface area contributed by atoms with Gasteiger partial charge in [0.1, 0.15) is 0 Å². The van der Waals surface area contributed by atoms with Crippen molar-refractivity contribution in [1.82, 2.24) is 10.2 Å². The average molecular weight is 266 g/mol. The Labute approximate surface area is 108 Å². The highest BCUT2D eigenvalue weighted by Gasteiger charge is 2.29. The van der Waals surface area contributed by atoms with E-state index in [9.17, 15) is 13.2 Å². The Balaban J connectivity index is 2.20. The van der Waals surface area contributed by atoms with Gasteiger partial charge < -0.3 is 10.2 Å². The van der Waals surface area contributed by atoms with Crippen molar-refractivity contribution < 1.29 is 13.2 Å². The predicted octanol–water partition coefficient (Wildman–Crippen LogP) is 3.04. The maximum absolute atomic E-state index is 12.1. The van der Waals surface area contributed by atoms with Gasteiger partial charge in [-0.25, -0.2) is 0 Å². The van der Waals surface area contributed by atoms with Crippen molar-refractivity contribution in [2.24, 2.45) is 5.92 Å². The van der Waals surface area contributed by atoms with Crippen molar-refractivity contribution in [2.45, 2.75) is 51.7 Å². The Kier molecular flexibility index (Phi) is 6.43. The molecule has 1 aliphatic heterocycles. The van der Waals surface area contributed by atoms with Crippen LogP contribution in [0.3, 0.4) is 0 Å². The lowest BCUT2D eigenvalue weighted by Gasteiger charge is -2.35. The SMILES string of the molecule is CCCNC(C)C1CCN(CCC(F)(F)F)CC1. The van der Waals surface area contributed by atoms with Crippen LogP contribution in [0.15, 0.2) is 0 Å². The van der Waals surface area contributed by atoms with E-state index in [0.717, 1.165) is 38.9 Å². The fourth-order valence-electron chi connectivity index (χ4n) is 2.50. The van der Waals surface area contributed by atoms with Gasteiger partial charge in [0.2, 0.25) is 0 Å². The fourth-order valence-corrected chi connectivity index (χ4v) is 2.50. The maximum Gasteiger partial charge on any atom is 0.390 e. The second-order valence-electron chi connectivity index (χ2n) is 5.29. The Morgan fingerprint density at radius 3 is 2.39 bits per heavy atom. The molecule has 0 aromatic heterocycles. The Bertz CT molecular complexity index is 223. The zero-order valence-electron chi connectivity index (χ0n) is 11.4. The Morgan fingerprint density at radius 1 is 1.28 bits per heavy atom. The molecule has 0 amide bonds. The summed E-state index contributed by atoms with van der Waals surface area (Å²) in [5.41, 5.74) is 0. The number of likely N-dealkylation sites (tertiary alicyclic amines) is 1. The molecule has 1 heterocycles. The lowest BCUT2D eigenvalue weighted by atomic mass is 9.90. The third kappa shape index (κ3) is 6.05. The van der Waals surface area contributed by atoms with Crippen molar-refractivity contribution in [2.75, 3.05) is 26.2 Å². The minimum absolute atomic E-state index is 0.160. The lowest BCUT2D eigenvalue weighted by molar-refractivity contribution is -0.138. The molecule has 0 aliphatic carbocycles. The molecule has 2 nitrogen and oxygen atoms in total. The van der Waals surface area contributed by atoms with E-state index in [0.29, 0.717) is 12.0 Å². The van der Waals surface area contributed by atoms with E-state index in [2.05, 4.69) is 19.2 Å². The van der Waals surface area contributed by atoms with Crippen LogP contribution in [0.25, 0.3) is 0 Å².